The molecule has 0 aliphatic rings. The number of ether oxygens (including phenoxy) is 2. The fourth-order valence-corrected chi connectivity index (χ4v) is 1.97. The largest absolute Gasteiger partial charge is 0.493 e. The van der Waals surface area contributed by atoms with E-state index in [1.165, 1.54) is 39.5 Å². The monoisotopic (exact) mass is 247 g/mol. The van der Waals surface area contributed by atoms with Gasteiger partial charge >= 0.3 is 0 Å². The fraction of sp³-hybridized carbons (Fsp3) is 0.333. The molecular weight excluding hydrogens is 234 g/mol. The van der Waals surface area contributed by atoms with E-state index in [1.807, 2.05) is 4.89 Å². The summed E-state index contributed by atoms with van der Waals surface area (Å²) >= 11 is 0. The predicted molar refractivity (Wildman–Crippen MR) is 56.9 cm³/mol. The van der Waals surface area contributed by atoms with Crippen molar-refractivity contribution >= 4 is 10.0 Å². The van der Waals surface area contributed by atoms with E-state index in [0.29, 0.717) is 11.5 Å². The van der Waals surface area contributed by atoms with Crippen LogP contribution in [-0.2, 0) is 14.9 Å². The molecule has 0 unspecified atom stereocenters. The lowest BCUT2D eigenvalue weighted by Gasteiger charge is -2.09. The van der Waals surface area contributed by atoms with Crippen LogP contribution in [0.1, 0.15) is 0 Å². The second-order valence-electron chi connectivity index (χ2n) is 2.81. The number of rotatable bonds is 5. The van der Waals surface area contributed by atoms with Crippen molar-refractivity contribution in [3.8, 4) is 11.5 Å². The number of hydrogen-bond donors (Lipinski definition) is 1. The van der Waals surface area contributed by atoms with Crippen LogP contribution in [0.4, 0.5) is 0 Å². The second kappa shape index (κ2) is 5.15. The van der Waals surface area contributed by atoms with Gasteiger partial charge in [-0.3, -0.25) is 4.84 Å². The van der Waals surface area contributed by atoms with E-state index < -0.39 is 10.0 Å². The molecule has 0 radical (unpaired) electrons. The molecule has 0 heterocycles. The molecule has 0 spiro atoms. The molecule has 1 aromatic carbocycles. The molecule has 1 rings (SSSR count). The Kier molecular flexibility index (Phi) is 4.11. The molecule has 90 valence electrons. The molecule has 0 saturated heterocycles. The van der Waals surface area contributed by atoms with E-state index in [4.69, 9.17) is 9.47 Å². The van der Waals surface area contributed by atoms with Gasteiger partial charge in [0.25, 0.3) is 10.0 Å². The molecule has 0 aliphatic carbocycles. The fourth-order valence-electron chi connectivity index (χ4n) is 1.14. The van der Waals surface area contributed by atoms with Crippen molar-refractivity contribution in [2.75, 3.05) is 21.3 Å². The lowest BCUT2D eigenvalue weighted by molar-refractivity contribution is 0.153. The summed E-state index contributed by atoms with van der Waals surface area (Å²) in [6, 6.07) is 4.24. The lowest BCUT2D eigenvalue weighted by atomic mass is 10.3. The SMILES string of the molecule is CONS(=O)(=O)c1ccc(OC)c(OC)c1. The van der Waals surface area contributed by atoms with Gasteiger partial charge in [0.15, 0.2) is 11.5 Å². The van der Waals surface area contributed by atoms with E-state index >= 15 is 0 Å². The Morgan fingerprint density at radius 2 is 1.69 bits per heavy atom. The molecule has 6 nitrogen and oxygen atoms in total. The summed E-state index contributed by atoms with van der Waals surface area (Å²) in [6.07, 6.45) is 0. The zero-order valence-electron chi connectivity index (χ0n) is 9.18. The van der Waals surface area contributed by atoms with Crippen LogP contribution >= 0.6 is 0 Å². The van der Waals surface area contributed by atoms with E-state index in [0.717, 1.165) is 0 Å². The number of methoxy groups -OCH3 is 2. The van der Waals surface area contributed by atoms with Crippen molar-refractivity contribution in [3.63, 3.8) is 0 Å². The van der Waals surface area contributed by atoms with Gasteiger partial charge < -0.3 is 9.47 Å². The highest BCUT2D eigenvalue weighted by atomic mass is 32.2. The average Bonchev–Trinajstić information content (AvgIpc) is 2.28. The highest BCUT2D eigenvalue weighted by Gasteiger charge is 2.16. The van der Waals surface area contributed by atoms with E-state index in [9.17, 15) is 8.42 Å². The first-order chi connectivity index (χ1) is 7.55. The van der Waals surface area contributed by atoms with Gasteiger partial charge in [0.2, 0.25) is 0 Å². The van der Waals surface area contributed by atoms with Crippen molar-refractivity contribution in [1.29, 1.82) is 0 Å². The molecule has 0 amide bonds. The minimum absolute atomic E-state index is 0.0343. The zero-order chi connectivity index (χ0) is 12.2. The van der Waals surface area contributed by atoms with Crippen molar-refractivity contribution < 1.29 is 22.7 Å². The third-order valence-electron chi connectivity index (χ3n) is 1.86. The Hall–Kier alpha value is -1.31. The minimum Gasteiger partial charge on any atom is -0.493 e. The lowest BCUT2D eigenvalue weighted by Crippen LogP contribution is -2.22. The molecular formula is C9H13NO5S. The van der Waals surface area contributed by atoms with Crippen molar-refractivity contribution in [1.82, 2.24) is 4.89 Å². The maximum absolute atomic E-state index is 11.6. The Morgan fingerprint density at radius 1 is 1.06 bits per heavy atom. The van der Waals surface area contributed by atoms with Gasteiger partial charge in [-0.25, -0.2) is 8.42 Å². The second-order valence-corrected chi connectivity index (χ2v) is 4.45. The normalized spacial score (nSPS) is 11.2. The summed E-state index contributed by atoms with van der Waals surface area (Å²) in [4.78, 5) is 6.32. The molecule has 0 aliphatic heterocycles. The van der Waals surface area contributed by atoms with Crippen molar-refractivity contribution in [2.45, 2.75) is 4.90 Å². The number of benzene rings is 1. The molecule has 0 saturated carbocycles. The summed E-state index contributed by atoms with van der Waals surface area (Å²) < 4.78 is 33.1. The maximum Gasteiger partial charge on any atom is 0.262 e. The average molecular weight is 247 g/mol. The van der Waals surface area contributed by atoms with Crippen molar-refractivity contribution in [3.05, 3.63) is 18.2 Å². The van der Waals surface area contributed by atoms with Gasteiger partial charge in [-0.1, -0.05) is 4.89 Å². The Bertz CT molecular complexity index is 457. The molecule has 0 atom stereocenters. The Morgan fingerprint density at radius 3 is 2.19 bits per heavy atom. The summed E-state index contributed by atoms with van der Waals surface area (Å²) in [5.74, 6) is 0.792. The summed E-state index contributed by atoms with van der Waals surface area (Å²) in [5, 5.41) is 0. The number of hydrogen-bond acceptors (Lipinski definition) is 5. The van der Waals surface area contributed by atoms with Crippen LogP contribution in [0.25, 0.3) is 0 Å². The molecule has 0 aromatic heterocycles. The smallest absolute Gasteiger partial charge is 0.262 e. The van der Waals surface area contributed by atoms with Crippen LogP contribution in [-0.4, -0.2) is 29.7 Å². The van der Waals surface area contributed by atoms with Gasteiger partial charge in [0.05, 0.1) is 26.2 Å². The highest BCUT2D eigenvalue weighted by Crippen LogP contribution is 2.29. The third kappa shape index (κ3) is 2.63. The molecule has 1 N–H and O–H groups in total. The van der Waals surface area contributed by atoms with E-state index in [-0.39, 0.29) is 4.90 Å². The van der Waals surface area contributed by atoms with Crippen LogP contribution in [0.2, 0.25) is 0 Å². The molecule has 7 heteroatoms. The molecule has 16 heavy (non-hydrogen) atoms. The first kappa shape index (κ1) is 12.8. The Balaban J connectivity index is 3.18. The third-order valence-corrected chi connectivity index (χ3v) is 3.12. The standard InChI is InChI=1S/C9H13NO5S/c1-13-8-5-4-7(6-9(8)14-2)16(11,12)10-15-3/h4-6,10H,1-3H3. The zero-order valence-corrected chi connectivity index (χ0v) is 10.00. The predicted octanol–water partition coefficient (Wildman–Crippen LogP) is 0.543. The minimum atomic E-state index is -3.68. The number of sulfonamides is 1. The van der Waals surface area contributed by atoms with Gasteiger partial charge in [-0.05, 0) is 12.1 Å². The first-order valence-electron chi connectivity index (χ1n) is 4.32. The van der Waals surface area contributed by atoms with Crippen LogP contribution in [0.3, 0.4) is 0 Å². The highest BCUT2D eigenvalue weighted by molar-refractivity contribution is 7.89. The van der Waals surface area contributed by atoms with Gasteiger partial charge in [0, 0.05) is 6.07 Å². The molecule has 0 fully saturated rings. The summed E-state index contributed by atoms with van der Waals surface area (Å²) in [6.45, 7) is 0. The Labute approximate surface area is 94.1 Å². The van der Waals surface area contributed by atoms with E-state index in [1.54, 1.807) is 0 Å². The van der Waals surface area contributed by atoms with Crippen LogP contribution in [0.5, 0.6) is 11.5 Å². The van der Waals surface area contributed by atoms with Gasteiger partial charge in [0.1, 0.15) is 0 Å². The van der Waals surface area contributed by atoms with Crippen LogP contribution in [0.15, 0.2) is 23.1 Å². The van der Waals surface area contributed by atoms with E-state index in [2.05, 4.69) is 4.84 Å². The topological polar surface area (TPSA) is 73.9 Å². The molecule has 1 aromatic rings. The van der Waals surface area contributed by atoms with Crippen LogP contribution < -0.4 is 14.4 Å². The maximum atomic E-state index is 11.6. The summed E-state index contributed by atoms with van der Waals surface area (Å²) in [7, 11) is 0.445. The van der Waals surface area contributed by atoms with Crippen molar-refractivity contribution in [2.24, 2.45) is 0 Å². The first-order valence-corrected chi connectivity index (χ1v) is 5.80. The molecule has 0 bridgehead atoms. The van der Waals surface area contributed by atoms with Gasteiger partial charge in [-0.15, -0.1) is 0 Å². The van der Waals surface area contributed by atoms with Gasteiger partial charge in [-0.2, -0.15) is 0 Å². The number of nitrogens with one attached hydrogen (secondary N) is 1. The quantitative estimate of drug-likeness (QED) is 0.769. The van der Waals surface area contributed by atoms with Crippen LogP contribution in [0, 0.1) is 0 Å². The summed E-state index contributed by atoms with van der Waals surface area (Å²) in [5.41, 5.74) is 0.